The number of nitrogens with one attached hydrogen (secondary N) is 1. The Morgan fingerprint density at radius 3 is 2.22 bits per heavy atom. The number of hydrazone groups is 1. The van der Waals surface area contributed by atoms with Gasteiger partial charge in [-0.05, 0) is 75.9 Å². The molecule has 0 fully saturated rings. The van der Waals surface area contributed by atoms with Crippen LogP contribution in [0.15, 0.2) is 136 Å². The van der Waals surface area contributed by atoms with Crippen LogP contribution in [-0.4, -0.2) is 27.6 Å². The lowest BCUT2D eigenvalue weighted by atomic mass is 10.1. The van der Waals surface area contributed by atoms with E-state index >= 15 is 0 Å². The minimum absolute atomic E-state index is 0.0256. The van der Waals surface area contributed by atoms with Gasteiger partial charge in [0.15, 0.2) is 11.5 Å². The molecule has 234 valence electrons. The number of anilines is 1. The van der Waals surface area contributed by atoms with Crippen molar-refractivity contribution in [3.8, 4) is 11.5 Å². The lowest BCUT2D eigenvalue weighted by molar-refractivity contribution is 0.0955. The highest BCUT2D eigenvalue weighted by Gasteiger charge is 2.28. The van der Waals surface area contributed by atoms with Crippen molar-refractivity contribution in [3.63, 3.8) is 0 Å². The van der Waals surface area contributed by atoms with Gasteiger partial charge in [-0.25, -0.2) is 13.8 Å². The van der Waals surface area contributed by atoms with E-state index in [1.54, 1.807) is 61.7 Å². The molecule has 0 saturated heterocycles. The fraction of sp³-hybridized carbons (Fsp3) is 0.111. The van der Waals surface area contributed by atoms with Crippen LogP contribution in [0.25, 0.3) is 0 Å². The fourth-order valence-electron chi connectivity index (χ4n) is 4.67. The highest BCUT2D eigenvalue weighted by atomic mass is 79.9. The van der Waals surface area contributed by atoms with E-state index in [1.165, 1.54) is 28.2 Å². The van der Waals surface area contributed by atoms with Gasteiger partial charge in [-0.3, -0.25) is 9.10 Å². The molecule has 5 aromatic rings. The van der Waals surface area contributed by atoms with Crippen LogP contribution in [0.3, 0.4) is 0 Å². The number of carbonyl (C=O) groups excluding carboxylic acids is 1. The molecule has 8 nitrogen and oxygen atoms in total. The van der Waals surface area contributed by atoms with Crippen molar-refractivity contribution in [2.45, 2.75) is 25.0 Å². The van der Waals surface area contributed by atoms with Crippen LogP contribution in [-0.2, 0) is 23.2 Å². The van der Waals surface area contributed by atoms with E-state index in [1.807, 2.05) is 61.5 Å². The van der Waals surface area contributed by atoms with Gasteiger partial charge in [0.05, 0.1) is 40.5 Å². The van der Waals surface area contributed by atoms with Gasteiger partial charge in [-0.2, -0.15) is 5.10 Å². The minimum Gasteiger partial charge on any atom is -0.493 e. The van der Waals surface area contributed by atoms with Crippen LogP contribution in [0.4, 0.5) is 5.69 Å². The Bertz CT molecular complexity index is 1930. The summed E-state index contributed by atoms with van der Waals surface area (Å²) < 4.78 is 41.3. The zero-order valence-corrected chi connectivity index (χ0v) is 27.7. The molecule has 0 aliphatic rings. The minimum atomic E-state index is -4.03. The molecule has 0 unspecified atom stereocenters. The first-order valence-electron chi connectivity index (χ1n) is 14.4. The third-order valence-electron chi connectivity index (χ3n) is 7.05. The number of carbonyl (C=O) groups is 1. The van der Waals surface area contributed by atoms with Gasteiger partial charge in [0.25, 0.3) is 15.9 Å². The number of rotatable bonds is 12. The first-order valence-corrected chi connectivity index (χ1v) is 16.6. The van der Waals surface area contributed by atoms with Gasteiger partial charge < -0.3 is 9.47 Å². The smallest absolute Gasteiger partial charge is 0.273 e. The second kappa shape index (κ2) is 14.9. The molecule has 0 spiro atoms. The number of benzene rings is 5. The maximum absolute atomic E-state index is 13.9. The number of amides is 1. The Balaban J connectivity index is 1.37. The molecule has 5 aromatic carbocycles. The summed E-state index contributed by atoms with van der Waals surface area (Å²) >= 11 is 3.56. The van der Waals surface area contributed by atoms with Gasteiger partial charge >= 0.3 is 0 Å². The average Bonchev–Trinajstić information content (AvgIpc) is 3.08. The molecule has 0 aliphatic heterocycles. The zero-order chi connectivity index (χ0) is 32.5. The maximum Gasteiger partial charge on any atom is 0.273 e. The molecule has 0 saturated carbocycles. The number of hydrogen-bond donors (Lipinski definition) is 1. The topological polar surface area (TPSA) is 97.3 Å². The Morgan fingerprint density at radius 1 is 0.870 bits per heavy atom. The summed E-state index contributed by atoms with van der Waals surface area (Å²) in [6, 6.07) is 35.5. The molecule has 0 bridgehead atoms. The molecule has 0 heterocycles. The summed E-state index contributed by atoms with van der Waals surface area (Å²) in [5, 5.41) is 4.16. The molecule has 46 heavy (non-hydrogen) atoms. The van der Waals surface area contributed by atoms with E-state index in [2.05, 4.69) is 26.5 Å². The summed E-state index contributed by atoms with van der Waals surface area (Å²) in [5.74, 6) is 0.454. The molecular weight excluding hydrogens is 666 g/mol. The summed E-state index contributed by atoms with van der Waals surface area (Å²) in [5.41, 5.74) is 6.51. The van der Waals surface area contributed by atoms with Crippen LogP contribution >= 0.6 is 15.9 Å². The Morgan fingerprint density at radius 2 is 1.52 bits per heavy atom. The Hall–Kier alpha value is -4.93. The number of nitrogens with zero attached hydrogens (tertiary/aromatic N) is 2. The molecule has 0 aromatic heterocycles. The third kappa shape index (κ3) is 7.82. The van der Waals surface area contributed by atoms with Crippen molar-refractivity contribution in [3.05, 3.63) is 154 Å². The number of aryl methyl sites for hydroxylation is 1. The summed E-state index contributed by atoms with van der Waals surface area (Å²) in [7, 11) is -2.48. The highest BCUT2D eigenvalue weighted by molar-refractivity contribution is 9.10. The first-order chi connectivity index (χ1) is 22.3. The molecule has 10 heteroatoms. The molecular formula is C36H32BrN3O5S. The monoisotopic (exact) mass is 697 g/mol. The number of para-hydroxylation sites is 1. The van der Waals surface area contributed by atoms with Crippen molar-refractivity contribution in [1.82, 2.24) is 5.43 Å². The third-order valence-corrected chi connectivity index (χ3v) is 9.42. The lowest BCUT2D eigenvalue weighted by Gasteiger charge is -2.26. The quantitative estimate of drug-likeness (QED) is 0.108. The predicted octanol–water partition coefficient (Wildman–Crippen LogP) is 7.50. The molecule has 0 radical (unpaired) electrons. The van der Waals surface area contributed by atoms with Crippen LogP contribution in [0, 0.1) is 6.92 Å². The first kappa shape index (κ1) is 32.5. The summed E-state index contributed by atoms with van der Waals surface area (Å²) in [6.07, 6.45) is 1.47. The van der Waals surface area contributed by atoms with Crippen molar-refractivity contribution in [2.75, 3.05) is 11.4 Å². The standard InChI is InChI=1S/C36H32BrN3O5S/c1-26-17-19-28(20-18-26)25-45-35-32(37)21-29(22-34(35)44-2)23-38-39-36(41)31-15-9-10-16-33(31)40(24-27-11-5-3-6-12-27)46(42,43)30-13-7-4-8-14-30/h3-23H,24-25H2,1-2H3,(H,39,41)/b38-23-. The van der Waals surface area contributed by atoms with Gasteiger partial charge in [0.1, 0.15) is 6.61 Å². The lowest BCUT2D eigenvalue weighted by Crippen LogP contribution is -2.33. The van der Waals surface area contributed by atoms with Crippen LogP contribution in [0.5, 0.6) is 11.5 Å². The second-order valence-corrected chi connectivity index (χ2v) is 13.1. The maximum atomic E-state index is 13.9. The number of ether oxygens (including phenoxy) is 2. The van der Waals surface area contributed by atoms with Gasteiger partial charge in [-0.15, -0.1) is 0 Å². The number of hydrogen-bond acceptors (Lipinski definition) is 6. The van der Waals surface area contributed by atoms with Crippen molar-refractivity contribution < 1.29 is 22.7 Å². The molecule has 5 rings (SSSR count). The van der Waals surface area contributed by atoms with Gasteiger partial charge in [0.2, 0.25) is 0 Å². The molecule has 1 amide bonds. The zero-order valence-electron chi connectivity index (χ0n) is 25.3. The van der Waals surface area contributed by atoms with Gasteiger partial charge in [-0.1, -0.05) is 90.5 Å². The van der Waals surface area contributed by atoms with Gasteiger partial charge in [0, 0.05) is 0 Å². The Kier molecular flexibility index (Phi) is 10.5. The molecule has 0 atom stereocenters. The Labute approximate surface area is 277 Å². The van der Waals surface area contributed by atoms with E-state index in [0.717, 1.165) is 11.1 Å². The van der Waals surface area contributed by atoms with Crippen LogP contribution in [0.1, 0.15) is 32.6 Å². The average molecular weight is 699 g/mol. The van der Waals surface area contributed by atoms with Crippen molar-refractivity contribution in [2.24, 2.45) is 5.10 Å². The van der Waals surface area contributed by atoms with E-state index in [4.69, 9.17) is 9.47 Å². The fourth-order valence-corrected chi connectivity index (χ4v) is 6.74. The van der Waals surface area contributed by atoms with Crippen molar-refractivity contribution in [1.29, 1.82) is 0 Å². The summed E-state index contributed by atoms with van der Waals surface area (Å²) in [6.45, 7) is 2.42. The van der Waals surface area contributed by atoms with E-state index in [-0.39, 0.29) is 22.7 Å². The number of sulfonamides is 1. The van der Waals surface area contributed by atoms with E-state index < -0.39 is 15.9 Å². The van der Waals surface area contributed by atoms with Crippen molar-refractivity contribution >= 4 is 43.8 Å². The predicted molar refractivity (Wildman–Crippen MR) is 184 cm³/mol. The van der Waals surface area contributed by atoms with E-state index in [9.17, 15) is 13.2 Å². The second-order valence-electron chi connectivity index (χ2n) is 10.3. The van der Waals surface area contributed by atoms with Crippen LogP contribution < -0.4 is 19.2 Å². The molecule has 0 aliphatic carbocycles. The SMILES string of the molecule is COc1cc(/C=N\NC(=O)c2ccccc2N(Cc2ccccc2)S(=O)(=O)c2ccccc2)cc(Br)c1OCc1ccc(C)cc1. The van der Waals surface area contributed by atoms with E-state index in [0.29, 0.717) is 28.1 Å². The number of halogens is 1. The summed E-state index contributed by atoms with van der Waals surface area (Å²) in [4.78, 5) is 13.6. The normalized spacial score (nSPS) is 11.3. The highest BCUT2D eigenvalue weighted by Crippen LogP contribution is 2.37. The largest absolute Gasteiger partial charge is 0.493 e. The van der Waals surface area contributed by atoms with Crippen LogP contribution in [0.2, 0.25) is 0 Å². The molecule has 1 N–H and O–H groups in total. The number of methoxy groups -OCH3 is 1.